The third-order valence-corrected chi connectivity index (χ3v) is 1.70. The zero-order valence-electron chi connectivity index (χ0n) is 6.16. The lowest BCUT2D eigenvalue weighted by Crippen LogP contribution is -2.33. The van der Waals surface area contributed by atoms with E-state index >= 15 is 0 Å². The number of hydrogen-bond acceptors (Lipinski definition) is 3. The van der Waals surface area contributed by atoms with E-state index in [1.54, 1.807) is 0 Å². The fourth-order valence-electron chi connectivity index (χ4n) is 0.675. The molecule has 5 heteroatoms. The predicted molar refractivity (Wildman–Crippen MR) is 43.5 cm³/mol. The second-order valence-electron chi connectivity index (χ2n) is 2.36. The lowest BCUT2D eigenvalue weighted by Gasteiger charge is -2.10. The zero-order chi connectivity index (χ0) is 8.85. The third kappa shape index (κ3) is 5.01. The first-order valence-electron chi connectivity index (χ1n) is 3.40. The van der Waals surface area contributed by atoms with E-state index in [0.29, 0.717) is 13.0 Å². The van der Waals surface area contributed by atoms with Crippen LogP contribution < -0.4 is 11.5 Å². The van der Waals surface area contributed by atoms with Crippen molar-refractivity contribution in [2.24, 2.45) is 11.5 Å². The molecule has 0 amide bonds. The summed E-state index contributed by atoms with van der Waals surface area (Å²) in [5.41, 5.74) is 10.4. The molecule has 0 aromatic carbocycles. The summed E-state index contributed by atoms with van der Waals surface area (Å²) in [6, 6.07) is -0.871. The first kappa shape index (κ1) is 10.7. The number of hydrogen-bond donors (Lipinski definition) is 3. The van der Waals surface area contributed by atoms with Gasteiger partial charge >= 0.3 is 5.97 Å². The molecule has 0 heterocycles. The molecule has 11 heavy (non-hydrogen) atoms. The van der Waals surface area contributed by atoms with Gasteiger partial charge in [0.2, 0.25) is 0 Å². The fraction of sp³-hybridized carbons (Fsp3) is 0.833. The topological polar surface area (TPSA) is 89.3 Å². The summed E-state index contributed by atoms with van der Waals surface area (Å²) in [5, 5.41) is 8.15. The van der Waals surface area contributed by atoms with Crippen molar-refractivity contribution in [2.75, 3.05) is 6.54 Å². The number of nitrogens with two attached hydrogens (primary N) is 2. The average Bonchev–Trinajstić information content (AvgIpc) is 1.87. The number of carboxylic acid groups (broad SMARTS) is 1. The van der Waals surface area contributed by atoms with Crippen LogP contribution in [0.1, 0.15) is 12.8 Å². The van der Waals surface area contributed by atoms with E-state index in [1.807, 2.05) is 0 Å². The Bertz CT molecular complexity index is 132. The van der Waals surface area contributed by atoms with Crippen molar-refractivity contribution in [2.45, 2.75) is 24.3 Å². The second kappa shape index (κ2) is 5.35. The normalized spacial score (nSPS) is 15.9. The third-order valence-electron chi connectivity index (χ3n) is 1.31. The Kier molecular flexibility index (Phi) is 5.19. The highest BCUT2D eigenvalue weighted by molar-refractivity contribution is 6.20. The monoisotopic (exact) mass is 180 g/mol. The number of carboxylic acids is 1. The Hall–Kier alpha value is -0.320. The minimum Gasteiger partial charge on any atom is -0.480 e. The molecule has 0 aromatic rings. The largest absolute Gasteiger partial charge is 0.480 e. The van der Waals surface area contributed by atoms with Gasteiger partial charge in [0.05, 0.1) is 0 Å². The van der Waals surface area contributed by atoms with Crippen LogP contribution in [0.5, 0.6) is 0 Å². The molecule has 0 fully saturated rings. The van der Waals surface area contributed by atoms with E-state index < -0.39 is 12.0 Å². The Morgan fingerprint density at radius 3 is 2.55 bits per heavy atom. The molecule has 4 nitrogen and oxygen atoms in total. The van der Waals surface area contributed by atoms with Gasteiger partial charge in [0.1, 0.15) is 6.04 Å². The Labute approximate surface area is 70.5 Å². The van der Waals surface area contributed by atoms with Gasteiger partial charge in [-0.15, -0.1) is 11.6 Å². The van der Waals surface area contributed by atoms with Gasteiger partial charge in [-0.25, -0.2) is 0 Å². The molecule has 0 aliphatic heterocycles. The highest BCUT2D eigenvalue weighted by atomic mass is 35.5. The van der Waals surface area contributed by atoms with Crippen LogP contribution in [0.4, 0.5) is 0 Å². The maximum Gasteiger partial charge on any atom is 0.320 e. The summed E-state index contributed by atoms with van der Waals surface area (Å²) in [5.74, 6) is -1.02. The minimum absolute atomic E-state index is 0.230. The summed E-state index contributed by atoms with van der Waals surface area (Å²) in [4.78, 5) is 10.2. The molecule has 0 radical (unpaired) electrons. The van der Waals surface area contributed by atoms with Crippen molar-refractivity contribution in [3.63, 3.8) is 0 Å². The standard InChI is InChI=1S/C6H13ClN2O2/c7-4(1-2-8)3-5(9)6(10)11/h4-5H,1-3,8-9H2,(H,10,11)/t4-,5+/m1/s1. The zero-order valence-corrected chi connectivity index (χ0v) is 6.92. The van der Waals surface area contributed by atoms with Crippen LogP contribution in [0.3, 0.4) is 0 Å². The van der Waals surface area contributed by atoms with Gasteiger partial charge < -0.3 is 16.6 Å². The molecule has 0 bridgehead atoms. The van der Waals surface area contributed by atoms with E-state index in [2.05, 4.69) is 0 Å². The summed E-state index contributed by atoms with van der Waals surface area (Å²) in [7, 11) is 0. The summed E-state index contributed by atoms with van der Waals surface area (Å²) < 4.78 is 0. The van der Waals surface area contributed by atoms with Crippen molar-refractivity contribution in [3.05, 3.63) is 0 Å². The van der Waals surface area contributed by atoms with Crippen molar-refractivity contribution >= 4 is 17.6 Å². The molecule has 0 rings (SSSR count). The molecule has 0 saturated heterocycles. The van der Waals surface area contributed by atoms with E-state index in [-0.39, 0.29) is 11.8 Å². The van der Waals surface area contributed by atoms with Gasteiger partial charge in [0.25, 0.3) is 0 Å². The van der Waals surface area contributed by atoms with Crippen LogP contribution in [0.15, 0.2) is 0 Å². The molecule has 0 saturated carbocycles. The highest BCUT2D eigenvalue weighted by Gasteiger charge is 2.15. The molecule has 0 spiro atoms. The van der Waals surface area contributed by atoms with E-state index in [0.717, 1.165) is 0 Å². The van der Waals surface area contributed by atoms with Crippen LogP contribution >= 0.6 is 11.6 Å². The first-order valence-corrected chi connectivity index (χ1v) is 3.84. The average molecular weight is 181 g/mol. The van der Waals surface area contributed by atoms with Gasteiger partial charge in [-0.2, -0.15) is 0 Å². The summed E-state index contributed by atoms with van der Waals surface area (Å²) in [6.45, 7) is 0.459. The smallest absolute Gasteiger partial charge is 0.320 e. The first-order chi connectivity index (χ1) is 5.07. The maximum atomic E-state index is 10.2. The van der Waals surface area contributed by atoms with Crippen molar-refractivity contribution in [3.8, 4) is 0 Å². The van der Waals surface area contributed by atoms with Crippen LogP contribution in [-0.2, 0) is 4.79 Å². The second-order valence-corrected chi connectivity index (χ2v) is 2.97. The number of aliphatic carboxylic acids is 1. The molecule has 0 aromatic heterocycles. The molecular formula is C6H13ClN2O2. The van der Waals surface area contributed by atoms with E-state index in [4.69, 9.17) is 28.2 Å². The SMILES string of the molecule is NCC[C@@H](Cl)C[C@H](N)C(=O)O. The van der Waals surface area contributed by atoms with Gasteiger partial charge in [0, 0.05) is 5.38 Å². The quantitative estimate of drug-likeness (QED) is 0.509. The highest BCUT2D eigenvalue weighted by Crippen LogP contribution is 2.07. The maximum absolute atomic E-state index is 10.2. The molecule has 0 aliphatic carbocycles. The lowest BCUT2D eigenvalue weighted by atomic mass is 10.1. The van der Waals surface area contributed by atoms with Crippen LogP contribution in [0.25, 0.3) is 0 Å². The number of rotatable bonds is 5. The summed E-state index contributed by atoms with van der Waals surface area (Å²) >= 11 is 5.70. The predicted octanol–water partition coefficient (Wildman–Crippen LogP) is -0.255. The summed E-state index contributed by atoms with van der Waals surface area (Å²) in [6.07, 6.45) is 0.872. The van der Waals surface area contributed by atoms with Gasteiger partial charge in [-0.05, 0) is 19.4 Å². The van der Waals surface area contributed by atoms with Crippen LogP contribution in [0.2, 0.25) is 0 Å². The Morgan fingerprint density at radius 2 is 2.18 bits per heavy atom. The molecule has 66 valence electrons. The van der Waals surface area contributed by atoms with Crippen molar-refractivity contribution in [1.29, 1.82) is 0 Å². The van der Waals surface area contributed by atoms with E-state index in [1.165, 1.54) is 0 Å². The number of halogens is 1. The van der Waals surface area contributed by atoms with Crippen LogP contribution in [0, 0.1) is 0 Å². The number of carbonyl (C=O) groups is 1. The van der Waals surface area contributed by atoms with Gasteiger partial charge in [-0.1, -0.05) is 0 Å². The molecule has 2 atom stereocenters. The molecule has 0 unspecified atom stereocenters. The number of alkyl halides is 1. The van der Waals surface area contributed by atoms with Crippen molar-refractivity contribution < 1.29 is 9.90 Å². The molecule has 0 aliphatic rings. The Morgan fingerprint density at radius 1 is 1.64 bits per heavy atom. The lowest BCUT2D eigenvalue weighted by molar-refractivity contribution is -0.138. The van der Waals surface area contributed by atoms with Gasteiger partial charge in [0.15, 0.2) is 0 Å². The van der Waals surface area contributed by atoms with Crippen LogP contribution in [-0.4, -0.2) is 29.0 Å². The Balaban J connectivity index is 3.56. The fourth-order valence-corrected chi connectivity index (χ4v) is 0.993. The molecule has 5 N–H and O–H groups in total. The van der Waals surface area contributed by atoms with E-state index in [9.17, 15) is 4.79 Å². The molecular weight excluding hydrogens is 168 g/mol. The van der Waals surface area contributed by atoms with Crippen molar-refractivity contribution in [1.82, 2.24) is 0 Å². The minimum atomic E-state index is -1.02. The van der Waals surface area contributed by atoms with Gasteiger partial charge in [-0.3, -0.25) is 4.79 Å².